The molecule has 21 heavy (non-hydrogen) atoms. The summed E-state index contributed by atoms with van der Waals surface area (Å²) in [6.07, 6.45) is 2.61. The van der Waals surface area contributed by atoms with Gasteiger partial charge in [-0.25, -0.2) is 0 Å². The molecular formula is C17H27BrN2O. The quantitative estimate of drug-likeness (QED) is 0.802. The SMILES string of the molecule is COc1ccc(Br)c(CN(C)[C@@H](C)C2CCN(C)CC2)c1. The van der Waals surface area contributed by atoms with Crippen LogP contribution in [0.15, 0.2) is 22.7 Å². The predicted octanol–water partition coefficient (Wildman–Crippen LogP) is 3.62. The van der Waals surface area contributed by atoms with Gasteiger partial charge in [0.15, 0.2) is 0 Å². The molecule has 0 spiro atoms. The number of nitrogens with zero attached hydrogens (tertiary/aromatic N) is 2. The van der Waals surface area contributed by atoms with Gasteiger partial charge in [-0.05, 0) is 76.6 Å². The van der Waals surface area contributed by atoms with Gasteiger partial charge >= 0.3 is 0 Å². The first-order chi connectivity index (χ1) is 10.0. The van der Waals surface area contributed by atoms with Gasteiger partial charge in [-0.2, -0.15) is 0 Å². The van der Waals surface area contributed by atoms with Crippen LogP contribution in [0.25, 0.3) is 0 Å². The predicted molar refractivity (Wildman–Crippen MR) is 91.8 cm³/mol. The lowest BCUT2D eigenvalue weighted by molar-refractivity contribution is 0.120. The fraction of sp³-hybridized carbons (Fsp3) is 0.647. The van der Waals surface area contributed by atoms with E-state index < -0.39 is 0 Å². The first-order valence-electron chi connectivity index (χ1n) is 7.72. The van der Waals surface area contributed by atoms with Crippen molar-refractivity contribution in [1.29, 1.82) is 0 Å². The van der Waals surface area contributed by atoms with E-state index in [9.17, 15) is 0 Å². The molecule has 3 nitrogen and oxygen atoms in total. The molecule has 0 unspecified atom stereocenters. The van der Waals surface area contributed by atoms with Gasteiger partial charge in [0, 0.05) is 17.1 Å². The minimum absolute atomic E-state index is 0.608. The second-order valence-electron chi connectivity index (χ2n) is 6.25. The van der Waals surface area contributed by atoms with E-state index in [0.29, 0.717) is 6.04 Å². The lowest BCUT2D eigenvalue weighted by Gasteiger charge is -2.37. The molecule has 1 aliphatic rings. The molecule has 1 fully saturated rings. The standard InChI is InChI=1S/C17H27BrN2O/c1-13(14-7-9-19(2)10-8-14)20(3)12-15-11-16(21-4)5-6-17(15)18/h5-6,11,13-14H,7-10,12H2,1-4H3/t13-/m0/s1. The van der Waals surface area contributed by atoms with Crippen LogP contribution in [0.3, 0.4) is 0 Å². The highest BCUT2D eigenvalue weighted by Gasteiger charge is 2.25. The highest BCUT2D eigenvalue weighted by atomic mass is 79.9. The summed E-state index contributed by atoms with van der Waals surface area (Å²) in [6, 6.07) is 6.80. The lowest BCUT2D eigenvalue weighted by Crippen LogP contribution is -2.41. The summed E-state index contributed by atoms with van der Waals surface area (Å²) in [6.45, 7) is 5.77. The zero-order chi connectivity index (χ0) is 15.4. The minimum Gasteiger partial charge on any atom is -0.497 e. The molecule has 4 heteroatoms. The Morgan fingerprint density at radius 1 is 1.38 bits per heavy atom. The number of piperidine rings is 1. The van der Waals surface area contributed by atoms with Gasteiger partial charge in [0.2, 0.25) is 0 Å². The molecule has 1 saturated heterocycles. The Morgan fingerprint density at radius 2 is 2.05 bits per heavy atom. The van der Waals surface area contributed by atoms with Crippen molar-refractivity contribution in [2.75, 3.05) is 34.3 Å². The van der Waals surface area contributed by atoms with E-state index in [1.165, 1.54) is 31.5 Å². The summed E-state index contributed by atoms with van der Waals surface area (Å²) in [5.74, 6) is 1.73. The van der Waals surface area contributed by atoms with Crippen molar-refractivity contribution in [1.82, 2.24) is 9.80 Å². The number of hydrogen-bond donors (Lipinski definition) is 0. The van der Waals surface area contributed by atoms with Crippen molar-refractivity contribution in [2.24, 2.45) is 5.92 Å². The van der Waals surface area contributed by atoms with Crippen molar-refractivity contribution >= 4 is 15.9 Å². The Kier molecular flexibility index (Phi) is 6.08. The molecule has 1 aromatic carbocycles. The number of methoxy groups -OCH3 is 1. The van der Waals surface area contributed by atoms with Gasteiger partial charge in [0.05, 0.1) is 7.11 Å². The minimum atomic E-state index is 0.608. The maximum absolute atomic E-state index is 5.34. The molecular weight excluding hydrogens is 328 g/mol. The Labute approximate surface area is 137 Å². The molecule has 0 N–H and O–H groups in total. The molecule has 1 aliphatic heterocycles. The third kappa shape index (κ3) is 4.44. The third-order valence-corrected chi connectivity index (χ3v) is 5.59. The Bertz CT molecular complexity index is 458. The summed E-state index contributed by atoms with van der Waals surface area (Å²) < 4.78 is 6.49. The zero-order valence-corrected chi connectivity index (χ0v) is 15.2. The third-order valence-electron chi connectivity index (χ3n) is 4.81. The Balaban J connectivity index is 1.98. The summed E-state index contributed by atoms with van der Waals surface area (Å²) in [7, 11) is 6.17. The van der Waals surface area contributed by atoms with Crippen LogP contribution in [0.2, 0.25) is 0 Å². The van der Waals surface area contributed by atoms with Gasteiger partial charge in [-0.1, -0.05) is 15.9 Å². The topological polar surface area (TPSA) is 15.7 Å². The van der Waals surface area contributed by atoms with Crippen molar-refractivity contribution in [2.45, 2.75) is 32.4 Å². The number of ether oxygens (including phenoxy) is 1. The molecule has 0 saturated carbocycles. The van der Waals surface area contributed by atoms with Gasteiger partial charge in [-0.15, -0.1) is 0 Å². The van der Waals surface area contributed by atoms with Crippen LogP contribution in [-0.4, -0.2) is 50.1 Å². The van der Waals surface area contributed by atoms with Crippen LogP contribution in [0.1, 0.15) is 25.3 Å². The van der Waals surface area contributed by atoms with Crippen LogP contribution >= 0.6 is 15.9 Å². The summed E-state index contributed by atoms with van der Waals surface area (Å²) >= 11 is 3.65. The largest absolute Gasteiger partial charge is 0.497 e. The molecule has 0 aliphatic carbocycles. The molecule has 1 atom stereocenters. The number of likely N-dealkylation sites (tertiary alicyclic amines) is 1. The number of halogens is 1. The van der Waals surface area contributed by atoms with Gasteiger partial charge in [0.1, 0.15) is 5.75 Å². The van der Waals surface area contributed by atoms with Crippen LogP contribution in [-0.2, 0) is 6.54 Å². The molecule has 2 rings (SSSR count). The van der Waals surface area contributed by atoms with E-state index >= 15 is 0 Å². The van der Waals surface area contributed by atoms with E-state index in [0.717, 1.165) is 22.7 Å². The summed E-state index contributed by atoms with van der Waals surface area (Å²) in [5, 5.41) is 0. The molecule has 0 amide bonds. The van der Waals surface area contributed by atoms with Crippen molar-refractivity contribution in [3.05, 3.63) is 28.2 Å². The Morgan fingerprint density at radius 3 is 2.67 bits per heavy atom. The molecule has 0 aromatic heterocycles. The van der Waals surface area contributed by atoms with Crippen LogP contribution in [0.4, 0.5) is 0 Å². The van der Waals surface area contributed by atoms with Gasteiger partial charge in [-0.3, -0.25) is 4.90 Å². The van der Waals surface area contributed by atoms with Crippen molar-refractivity contribution in [3.8, 4) is 5.75 Å². The maximum Gasteiger partial charge on any atom is 0.119 e. The first-order valence-corrected chi connectivity index (χ1v) is 8.51. The van der Waals surface area contributed by atoms with Crippen LogP contribution in [0.5, 0.6) is 5.75 Å². The van der Waals surface area contributed by atoms with E-state index in [2.05, 4.69) is 58.9 Å². The summed E-state index contributed by atoms with van der Waals surface area (Å²) in [5.41, 5.74) is 1.29. The monoisotopic (exact) mass is 354 g/mol. The normalized spacial score (nSPS) is 19.0. The molecule has 118 valence electrons. The molecule has 1 heterocycles. The maximum atomic E-state index is 5.34. The van der Waals surface area contributed by atoms with Gasteiger partial charge < -0.3 is 9.64 Å². The average molecular weight is 355 g/mol. The van der Waals surface area contributed by atoms with E-state index in [1.54, 1.807) is 7.11 Å². The van der Waals surface area contributed by atoms with E-state index in [4.69, 9.17) is 4.74 Å². The van der Waals surface area contributed by atoms with Crippen molar-refractivity contribution in [3.63, 3.8) is 0 Å². The number of benzene rings is 1. The highest BCUT2D eigenvalue weighted by Crippen LogP contribution is 2.27. The van der Waals surface area contributed by atoms with Crippen molar-refractivity contribution < 1.29 is 4.74 Å². The van der Waals surface area contributed by atoms with E-state index in [-0.39, 0.29) is 0 Å². The molecule has 0 radical (unpaired) electrons. The lowest BCUT2D eigenvalue weighted by atomic mass is 9.89. The number of rotatable bonds is 5. The van der Waals surface area contributed by atoms with Crippen LogP contribution < -0.4 is 4.74 Å². The number of hydrogen-bond acceptors (Lipinski definition) is 3. The molecule has 0 bridgehead atoms. The zero-order valence-electron chi connectivity index (χ0n) is 13.6. The summed E-state index contributed by atoms with van der Waals surface area (Å²) in [4.78, 5) is 4.90. The highest BCUT2D eigenvalue weighted by molar-refractivity contribution is 9.10. The fourth-order valence-electron chi connectivity index (χ4n) is 3.08. The molecule has 1 aromatic rings. The smallest absolute Gasteiger partial charge is 0.119 e. The van der Waals surface area contributed by atoms with Crippen LogP contribution in [0, 0.1) is 5.92 Å². The van der Waals surface area contributed by atoms with Gasteiger partial charge in [0.25, 0.3) is 0 Å². The Hall–Kier alpha value is -0.580. The fourth-order valence-corrected chi connectivity index (χ4v) is 3.45. The first kappa shape index (κ1) is 16.8. The van der Waals surface area contributed by atoms with E-state index in [1.807, 2.05) is 6.07 Å². The average Bonchev–Trinajstić information content (AvgIpc) is 2.49. The second-order valence-corrected chi connectivity index (χ2v) is 7.11. The second kappa shape index (κ2) is 7.61.